The Hall–Kier alpha value is -1.18. The average Bonchev–Trinajstić information content (AvgIpc) is 2.16. The zero-order valence-electron chi connectivity index (χ0n) is 12.8. The number of rotatable bonds is 3. The Labute approximate surface area is 111 Å². The number of hydrogen-bond acceptors (Lipinski definition) is 2. The molecule has 18 heavy (non-hydrogen) atoms. The first kappa shape index (κ1) is 14.9. The van der Waals surface area contributed by atoms with Gasteiger partial charge in [0.05, 0.1) is 0 Å². The van der Waals surface area contributed by atoms with E-state index in [1.807, 2.05) is 32.9 Å². The van der Waals surface area contributed by atoms with Crippen molar-refractivity contribution in [2.24, 2.45) is 0 Å². The highest BCUT2D eigenvalue weighted by molar-refractivity contribution is 5.47. The van der Waals surface area contributed by atoms with Gasteiger partial charge in [-0.1, -0.05) is 19.1 Å². The van der Waals surface area contributed by atoms with E-state index in [4.69, 9.17) is 9.47 Å². The first-order valence-electron chi connectivity index (χ1n) is 6.62. The van der Waals surface area contributed by atoms with Crippen molar-refractivity contribution in [1.82, 2.24) is 0 Å². The van der Waals surface area contributed by atoms with Crippen molar-refractivity contribution in [3.8, 4) is 11.5 Å². The highest BCUT2D eigenvalue weighted by atomic mass is 16.5. The summed E-state index contributed by atoms with van der Waals surface area (Å²) in [5, 5.41) is 0. The van der Waals surface area contributed by atoms with Crippen molar-refractivity contribution >= 4 is 0 Å². The lowest BCUT2D eigenvalue weighted by Crippen LogP contribution is -2.27. The monoisotopic (exact) mass is 250 g/mol. The third-order valence-corrected chi connectivity index (χ3v) is 2.27. The lowest BCUT2D eigenvalue weighted by atomic mass is 10.1. The molecule has 0 N–H and O–H groups in total. The summed E-state index contributed by atoms with van der Waals surface area (Å²) in [6, 6.07) is 6.09. The summed E-state index contributed by atoms with van der Waals surface area (Å²) in [4.78, 5) is 0. The van der Waals surface area contributed by atoms with E-state index >= 15 is 0 Å². The molecule has 0 atom stereocenters. The molecule has 1 rings (SSSR count). The van der Waals surface area contributed by atoms with Gasteiger partial charge in [-0.25, -0.2) is 0 Å². The minimum Gasteiger partial charge on any atom is -0.484 e. The van der Waals surface area contributed by atoms with Crippen molar-refractivity contribution in [3.63, 3.8) is 0 Å². The van der Waals surface area contributed by atoms with Crippen molar-refractivity contribution in [1.29, 1.82) is 0 Å². The molecule has 0 unspecified atom stereocenters. The van der Waals surface area contributed by atoms with Gasteiger partial charge in [0.1, 0.15) is 11.2 Å². The number of hydrogen-bond donors (Lipinski definition) is 0. The van der Waals surface area contributed by atoms with Crippen molar-refractivity contribution in [2.45, 2.75) is 66.1 Å². The first-order valence-corrected chi connectivity index (χ1v) is 6.62. The quantitative estimate of drug-likeness (QED) is 0.780. The molecule has 0 radical (unpaired) electrons. The SMILES string of the molecule is CCc1cccc(OC(C)(C)C)c1OC(C)(C)C. The van der Waals surface area contributed by atoms with Crippen LogP contribution in [0.15, 0.2) is 18.2 Å². The van der Waals surface area contributed by atoms with Crippen molar-refractivity contribution in [3.05, 3.63) is 23.8 Å². The Morgan fingerprint density at radius 1 is 0.889 bits per heavy atom. The van der Waals surface area contributed by atoms with Crippen molar-refractivity contribution in [2.75, 3.05) is 0 Å². The predicted molar refractivity (Wildman–Crippen MR) is 76.6 cm³/mol. The summed E-state index contributed by atoms with van der Waals surface area (Å²) >= 11 is 0. The molecule has 0 aliphatic carbocycles. The molecule has 2 heteroatoms. The fraction of sp³-hybridized carbons (Fsp3) is 0.625. The van der Waals surface area contributed by atoms with Crippen LogP contribution in [0.4, 0.5) is 0 Å². The molecule has 2 nitrogen and oxygen atoms in total. The van der Waals surface area contributed by atoms with E-state index in [1.165, 1.54) is 5.56 Å². The molecule has 0 saturated heterocycles. The third kappa shape index (κ3) is 4.59. The Balaban J connectivity index is 3.16. The molecule has 102 valence electrons. The zero-order valence-corrected chi connectivity index (χ0v) is 12.8. The molecular weight excluding hydrogens is 224 g/mol. The van der Waals surface area contributed by atoms with E-state index in [2.05, 4.69) is 33.8 Å². The zero-order chi connectivity index (χ0) is 14.0. The van der Waals surface area contributed by atoms with Gasteiger partial charge in [-0.05, 0) is 59.6 Å². The number of ether oxygens (including phenoxy) is 2. The van der Waals surface area contributed by atoms with E-state index in [1.54, 1.807) is 0 Å². The molecule has 0 fully saturated rings. The number of aryl methyl sites for hydroxylation is 1. The predicted octanol–water partition coefficient (Wildman–Crippen LogP) is 4.60. The smallest absolute Gasteiger partial charge is 0.165 e. The summed E-state index contributed by atoms with van der Waals surface area (Å²) in [6.45, 7) is 14.4. The fourth-order valence-electron chi connectivity index (χ4n) is 1.67. The standard InChI is InChI=1S/C16H26O2/c1-8-12-10-9-11-13(17-15(2,3)4)14(12)18-16(5,6)7/h9-11H,8H2,1-7H3. The maximum Gasteiger partial charge on any atom is 0.165 e. The average molecular weight is 250 g/mol. The molecule has 0 spiro atoms. The molecule has 0 heterocycles. The lowest BCUT2D eigenvalue weighted by molar-refractivity contribution is 0.0947. The van der Waals surface area contributed by atoms with Gasteiger partial charge < -0.3 is 9.47 Å². The second-order valence-corrected chi connectivity index (χ2v) is 6.53. The van der Waals surface area contributed by atoms with Gasteiger partial charge in [0.25, 0.3) is 0 Å². The molecule has 1 aromatic carbocycles. The normalized spacial score (nSPS) is 12.4. The molecule has 0 aliphatic rings. The molecule has 1 aromatic rings. The van der Waals surface area contributed by atoms with Gasteiger partial charge in [0.15, 0.2) is 11.5 Å². The largest absolute Gasteiger partial charge is 0.484 e. The Kier molecular flexibility index (Phi) is 4.31. The summed E-state index contributed by atoms with van der Waals surface area (Å²) in [6.07, 6.45) is 0.937. The minimum atomic E-state index is -0.221. The van der Waals surface area contributed by atoms with Gasteiger partial charge in [0.2, 0.25) is 0 Å². The van der Waals surface area contributed by atoms with Gasteiger partial charge in [-0.15, -0.1) is 0 Å². The summed E-state index contributed by atoms with van der Waals surface area (Å²) in [7, 11) is 0. The lowest BCUT2D eigenvalue weighted by Gasteiger charge is -2.28. The molecule has 0 aromatic heterocycles. The van der Waals surface area contributed by atoms with Crippen molar-refractivity contribution < 1.29 is 9.47 Å². The van der Waals surface area contributed by atoms with Gasteiger partial charge in [0, 0.05) is 0 Å². The van der Waals surface area contributed by atoms with E-state index < -0.39 is 0 Å². The Morgan fingerprint density at radius 3 is 1.89 bits per heavy atom. The van der Waals surface area contributed by atoms with Gasteiger partial charge in [-0.3, -0.25) is 0 Å². The summed E-state index contributed by atoms with van der Waals surface area (Å²) in [5.74, 6) is 1.71. The van der Waals surface area contributed by atoms with Crippen LogP contribution in [0.3, 0.4) is 0 Å². The first-order chi connectivity index (χ1) is 8.12. The van der Waals surface area contributed by atoms with Crippen LogP contribution < -0.4 is 9.47 Å². The maximum absolute atomic E-state index is 6.08. The molecule has 0 saturated carbocycles. The van der Waals surface area contributed by atoms with Crippen LogP contribution in [0, 0.1) is 0 Å². The van der Waals surface area contributed by atoms with Crippen LogP contribution in [0.25, 0.3) is 0 Å². The van der Waals surface area contributed by atoms with Gasteiger partial charge >= 0.3 is 0 Å². The summed E-state index contributed by atoms with van der Waals surface area (Å²) < 4.78 is 12.1. The summed E-state index contributed by atoms with van der Waals surface area (Å²) in [5.41, 5.74) is 0.746. The molecular formula is C16H26O2. The Bertz CT molecular complexity index is 395. The Morgan fingerprint density at radius 2 is 1.44 bits per heavy atom. The second kappa shape index (κ2) is 5.21. The molecule has 0 bridgehead atoms. The molecule has 0 aliphatic heterocycles. The van der Waals surface area contributed by atoms with Crippen LogP contribution in [-0.4, -0.2) is 11.2 Å². The van der Waals surface area contributed by atoms with Crippen LogP contribution in [0.1, 0.15) is 54.0 Å². The maximum atomic E-state index is 6.08. The van der Waals surface area contributed by atoms with Crippen LogP contribution >= 0.6 is 0 Å². The van der Waals surface area contributed by atoms with E-state index in [0.29, 0.717) is 0 Å². The number of para-hydroxylation sites is 1. The van der Waals surface area contributed by atoms with E-state index in [9.17, 15) is 0 Å². The fourth-order valence-corrected chi connectivity index (χ4v) is 1.67. The third-order valence-electron chi connectivity index (χ3n) is 2.27. The second-order valence-electron chi connectivity index (χ2n) is 6.53. The topological polar surface area (TPSA) is 18.5 Å². The number of benzene rings is 1. The highest BCUT2D eigenvalue weighted by Crippen LogP contribution is 2.36. The van der Waals surface area contributed by atoms with Gasteiger partial charge in [-0.2, -0.15) is 0 Å². The van der Waals surface area contributed by atoms with Crippen LogP contribution in [0.5, 0.6) is 11.5 Å². The van der Waals surface area contributed by atoms with Crippen LogP contribution in [-0.2, 0) is 6.42 Å². The van der Waals surface area contributed by atoms with Crippen LogP contribution in [0.2, 0.25) is 0 Å². The minimum absolute atomic E-state index is 0.220. The van der Waals surface area contributed by atoms with E-state index in [0.717, 1.165) is 17.9 Å². The van der Waals surface area contributed by atoms with E-state index in [-0.39, 0.29) is 11.2 Å². The highest BCUT2D eigenvalue weighted by Gasteiger charge is 2.21. The molecule has 0 amide bonds.